The lowest BCUT2D eigenvalue weighted by atomic mass is 10.5. The number of carbonyl (C=O) groups is 1. The van der Waals surface area contributed by atoms with Crippen LogP contribution in [-0.2, 0) is 9.53 Å². The highest BCUT2D eigenvalue weighted by Crippen LogP contribution is 2.27. The second-order valence-electron chi connectivity index (χ2n) is 2.85. The van der Waals surface area contributed by atoms with Crippen LogP contribution in [0.25, 0.3) is 0 Å². The minimum absolute atomic E-state index is 0.00761. The summed E-state index contributed by atoms with van der Waals surface area (Å²) in [5.41, 5.74) is 5.27. The van der Waals surface area contributed by atoms with Crippen molar-refractivity contribution in [1.29, 1.82) is 0 Å². The minimum atomic E-state index is 0.00761. The second-order valence-corrected chi connectivity index (χ2v) is 4.60. The van der Waals surface area contributed by atoms with Crippen LogP contribution in [-0.4, -0.2) is 43.7 Å². The summed E-state index contributed by atoms with van der Waals surface area (Å²) in [6.45, 7) is 2.80. The molecule has 0 saturated heterocycles. The molecular weight excluding hydrogens is 316 g/mol. The average Bonchev–Trinajstić information content (AvgIpc) is 2.41. The first-order valence-electron chi connectivity index (χ1n) is 4.28. The molecule has 0 fully saturated rings. The number of hydrogen-bond donors (Lipinski definition) is 1. The van der Waals surface area contributed by atoms with Crippen molar-refractivity contribution in [3.8, 4) is 0 Å². The number of nitrogens with zero attached hydrogens (tertiary/aromatic N) is 1. The Bertz CT molecular complexity index is 256. The molecule has 80 valence electrons. The van der Waals surface area contributed by atoms with Gasteiger partial charge in [0.15, 0.2) is 0 Å². The van der Waals surface area contributed by atoms with Gasteiger partial charge in [0.05, 0.1) is 24.2 Å². The molecule has 0 atom stereocenters. The van der Waals surface area contributed by atoms with Crippen LogP contribution in [0.2, 0.25) is 0 Å². The fourth-order valence-electron chi connectivity index (χ4n) is 1.10. The quantitative estimate of drug-likeness (QED) is 0.760. The van der Waals surface area contributed by atoms with E-state index in [4.69, 9.17) is 10.5 Å². The van der Waals surface area contributed by atoms with Crippen molar-refractivity contribution < 1.29 is 9.53 Å². The van der Waals surface area contributed by atoms with Crippen LogP contribution in [0, 0.1) is 0 Å². The van der Waals surface area contributed by atoms with E-state index in [9.17, 15) is 4.79 Å². The van der Waals surface area contributed by atoms with Crippen LogP contribution in [0.4, 0.5) is 0 Å². The Hall–Kier alpha value is 0.0900. The van der Waals surface area contributed by atoms with Crippen molar-refractivity contribution in [2.45, 2.75) is 0 Å². The molecule has 0 unspecified atom stereocenters. The maximum Gasteiger partial charge on any atom is 0.262 e. The van der Waals surface area contributed by atoms with E-state index in [1.54, 1.807) is 4.90 Å². The van der Waals surface area contributed by atoms with Gasteiger partial charge in [-0.15, -0.1) is 0 Å². The van der Waals surface area contributed by atoms with Crippen molar-refractivity contribution in [3.05, 3.63) is 8.96 Å². The molecular formula is C8H12Br2N2O2. The maximum atomic E-state index is 11.5. The third-order valence-corrected chi connectivity index (χ3v) is 3.81. The first-order chi connectivity index (χ1) is 6.66. The molecule has 1 rings (SSSR count). The Morgan fingerprint density at radius 3 is 2.64 bits per heavy atom. The van der Waals surface area contributed by atoms with Gasteiger partial charge in [-0.3, -0.25) is 4.79 Å². The van der Waals surface area contributed by atoms with Gasteiger partial charge in [-0.2, -0.15) is 0 Å². The van der Waals surface area contributed by atoms with E-state index < -0.39 is 0 Å². The van der Waals surface area contributed by atoms with E-state index in [1.165, 1.54) is 0 Å². The van der Waals surface area contributed by atoms with Gasteiger partial charge in [-0.25, -0.2) is 0 Å². The lowest BCUT2D eigenvalue weighted by molar-refractivity contribution is -0.125. The summed E-state index contributed by atoms with van der Waals surface area (Å²) in [6, 6.07) is 0. The molecule has 0 aromatic carbocycles. The summed E-state index contributed by atoms with van der Waals surface area (Å²) < 4.78 is 6.69. The van der Waals surface area contributed by atoms with Crippen molar-refractivity contribution in [3.63, 3.8) is 0 Å². The van der Waals surface area contributed by atoms with Crippen LogP contribution in [0.5, 0.6) is 0 Å². The number of nitrogens with two attached hydrogens (primary N) is 1. The zero-order valence-electron chi connectivity index (χ0n) is 7.63. The van der Waals surface area contributed by atoms with Crippen LogP contribution in [0.15, 0.2) is 8.96 Å². The predicted molar refractivity (Wildman–Crippen MR) is 61.3 cm³/mol. The van der Waals surface area contributed by atoms with Gasteiger partial charge in [0.2, 0.25) is 0 Å². The molecule has 1 aliphatic rings. The Labute approximate surface area is 99.7 Å². The van der Waals surface area contributed by atoms with Crippen LogP contribution in [0.3, 0.4) is 0 Å². The largest absolute Gasteiger partial charge is 0.378 e. The van der Waals surface area contributed by atoms with Crippen molar-refractivity contribution in [2.75, 3.05) is 32.8 Å². The molecule has 1 aliphatic heterocycles. The molecule has 0 aromatic rings. The van der Waals surface area contributed by atoms with Gasteiger partial charge in [0.25, 0.3) is 5.91 Å². The molecule has 14 heavy (non-hydrogen) atoms. The Balaban J connectivity index is 2.26. The van der Waals surface area contributed by atoms with Gasteiger partial charge >= 0.3 is 0 Å². The standard InChI is InChI=1S/C8H12Br2N2O2/c9-6-5-12(8(13)7(6)10)2-4-14-3-1-11/h1-5,11H2. The summed E-state index contributed by atoms with van der Waals surface area (Å²) in [4.78, 5) is 13.2. The highest BCUT2D eigenvalue weighted by Gasteiger charge is 2.26. The molecule has 6 heteroatoms. The average molecular weight is 328 g/mol. The summed E-state index contributed by atoms with van der Waals surface area (Å²) in [7, 11) is 0. The van der Waals surface area contributed by atoms with E-state index in [-0.39, 0.29) is 5.91 Å². The topological polar surface area (TPSA) is 55.6 Å². The van der Waals surface area contributed by atoms with E-state index in [2.05, 4.69) is 31.9 Å². The number of amides is 1. The number of rotatable bonds is 5. The fraction of sp³-hybridized carbons (Fsp3) is 0.625. The van der Waals surface area contributed by atoms with Crippen LogP contribution in [0.1, 0.15) is 0 Å². The SMILES string of the molecule is NCCOCCN1CC(Br)=C(Br)C1=O. The number of carbonyl (C=O) groups excluding carboxylic acids is 1. The highest BCUT2D eigenvalue weighted by atomic mass is 79.9. The third kappa shape index (κ3) is 3.05. The zero-order chi connectivity index (χ0) is 10.6. The molecule has 4 nitrogen and oxygen atoms in total. The van der Waals surface area contributed by atoms with Crippen LogP contribution >= 0.6 is 31.9 Å². The Morgan fingerprint density at radius 1 is 1.43 bits per heavy atom. The second kappa shape index (κ2) is 5.85. The van der Waals surface area contributed by atoms with E-state index in [0.717, 1.165) is 4.48 Å². The normalized spacial score (nSPS) is 17.1. The fourth-order valence-corrected chi connectivity index (χ4v) is 1.95. The van der Waals surface area contributed by atoms with E-state index >= 15 is 0 Å². The van der Waals surface area contributed by atoms with Crippen molar-refractivity contribution in [1.82, 2.24) is 4.90 Å². The lowest BCUT2D eigenvalue weighted by Gasteiger charge is -2.15. The highest BCUT2D eigenvalue weighted by molar-refractivity contribution is 9.14. The first-order valence-corrected chi connectivity index (χ1v) is 5.86. The molecule has 0 aromatic heterocycles. The summed E-state index contributed by atoms with van der Waals surface area (Å²) in [5.74, 6) is 0.00761. The molecule has 0 aliphatic carbocycles. The van der Waals surface area contributed by atoms with Gasteiger partial charge < -0.3 is 15.4 Å². The zero-order valence-corrected chi connectivity index (χ0v) is 10.8. The van der Waals surface area contributed by atoms with Crippen LogP contribution < -0.4 is 5.73 Å². The van der Waals surface area contributed by atoms with E-state index in [1.807, 2.05) is 0 Å². The minimum Gasteiger partial charge on any atom is -0.378 e. The van der Waals surface area contributed by atoms with Gasteiger partial charge in [-0.1, -0.05) is 15.9 Å². The lowest BCUT2D eigenvalue weighted by Crippen LogP contribution is -2.30. The maximum absolute atomic E-state index is 11.5. The molecule has 0 radical (unpaired) electrons. The molecule has 2 N–H and O–H groups in total. The molecule has 1 amide bonds. The summed E-state index contributed by atoms with van der Waals surface area (Å²) in [5, 5.41) is 0. The van der Waals surface area contributed by atoms with E-state index in [0.29, 0.717) is 37.3 Å². The summed E-state index contributed by atoms with van der Waals surface area (Å²) in [6.07, 6.45) is 0. The number of ether oxygens (including phenoxy) is 1. The number of hydrogen-bond acceptors (Lipinski definition) is 3. The predicted octanol–water partition coefficient (Wildman–Crippen LogP) is 0.805. The molecule has 1 heterocycles. The van der Waals surface area contributed by atoms with Gasteiger partial charge in [0.1, 0.15) is 0 Å². The van der Waals surface area contributed by atoms with Crippen molar-refractivity contribution >= 4 is 37.8 Å². The Morgan fingerprint density at radius 2 is 2.14 bits per heavy atom. The molecule has 0 bridgehead atoms. The van der Waals surface area contributed by atoms with Gasteiger partial charge in [0, 0.05) is 17.6 Å². The first kappa shape index (κ1) is 12.2. The molecule has 0 saturated carbocycles. The molecule has 0 spiro atoms. The Kier molecular flexibility index (Phi) is 5.08. The number of halogens is 2. The third-order valence-electron chi connectivity index (χ3n) is 1.81. The van der Waals surface area contributed by atoms with Crippen molar-refractivity contribution in [2.24, 2.45) is 5.73 Å². The smallest absolute Gasteiger partial charge is 0.262 e. The van der Waals surface area contributed by atoms with Gasteiger partial charge in [-0.05, 0) is 15.9 Å². The monoisotopic (exact) mass is 326 g/mol. The summed E-state index contributed by atoms with van der Waals surface area (Å²) >= 11 is 6.53.